The zero-order valence-corrected chi connectivity index (χ0v) is 19.7. The Labute approximate surface area is 179 Å². The number of rotatable bonds is 9. The van der Waals surface area contributed by atoms with E-state index in [1.807, 2.05) is 6.92 Å². The fourth-order valence-corrected chi connectivity index (χ4v) is 3.82. The van der Waals surface area contributed by atoms with E-state index in [1.165, 1.54) is 11.1 Å². The van der Waals surface area contributed by atoms with Crippen LogP contribution in [0.4, 0.5) is 0 Å². The lowest BCUT2D eigenvalue weighted by atomic mass is 9.76. The molecule has 163 valence electrons. The molecule has 1 saturated carbocycles. The third-order valence-electron chi connectivity index (χ3n) is 6.95. The molecule has 2 atom stereocenters. The van der Waals surface area contributed by atoms with Crippen LogP contribution in [0.1, 0.15) is 105 Å². The molecule has 0 heterocycles. The summed E-state index contributed by atoms with van der Waals surface area (Å²) in [5, 5.41) is 3.21. The molecule has 2 rings (SSSR count). The maximum atomic E-state index is 12.9. The number of ether oxygens (including phenoxy) is 1. The number of carbonyl (C=O) groups is 1. The Hall–Kier alpha value is -1.51. The highest BCUT2D eigenvalue weighted by Gasteiger charge is 2.29. The number of hydrogen-bond acceptors (Lipinski definition) is 2. The van der Waals surface area contributed by atoms with Gasteiger partial charge in [0, 0.05) is 11.6 Å². The van der Waals surface area contributed by atoms with E-state index in [1.54, 1.807) is 0 Å². The van der Waals surface area contributed by atoms with Gasteiger partial charge in [-0.3, -0.25) is 4.79 Å². The van der Waals surface area contributed by atoms with Crippen LogP contribution in [-0.4, -0.2) is 18.1 Å². The van der Waals surface area contributed by atoms with Crippen molar-refractivity contribution < 1.29 is 9.53 Å². The van der Waals surface area contributed by atoms with Gasteiger partial charge in [0.1, 0.15) is 5.75 Å². The molecule has 1 radical (unpaired) electrons. The van der Waals surface area contributed by atoms with Crippen molar-refractivity contribution in [2.45, 2.75) is 116 Å². The average molecular weight is 401 g/mol. The van der Waals surface area contributed by atoms with Gasteiger partial charge in [-0.2, -0.15) is 0 Å². The third-order valence-corrected chi connectivity index (χ3v) is 6.95. The first-order valence-corrected chi connectivity index (χ1v) is 11.6. The van der Waals surface area contributed by atoms with Gasteiger partial charge in [-0.05, 0) is 61.0 Å². The van der Waals surface area contributed by atoms with Crippen LogP contribution < -0.4 is 10.1 Å². The molecule has 3 nitrogen and oxygen atoms in total. The van der Waals surface area contributed by atoms with Crippen LogP contribution in [-0.2, 0) is 15.6 Å². The number of hydrogen-bond donors (Lipinski definition) is 1. The summed E-state index contributed by atoms with van der Waals surface area (Å²) in [7, 11) is 0. The largest absolute Gasteiger partial charge is 0.480 e. The van der Waals surface area contributed by atoms with Crippen molar-refractivity contribution in [2.75, 3.05) is 0 Å². The van der Waals surface area contributed by atoms with E-state index >= 15 is 0 Å². The first-order valence-electron chi connectivity index (χ1n) is 11.6. The summed E-state index contributed by atoms with van der Waals surface area (Å²) in [6, 6.07) is 6.83. The lowest BCUT2D eigenvalue weighted by molar-refractivity contribution is -0.129. The van der Waals surface area contributed by atoms with Crippen molar-refractivity contribution in [3.63, 3.8) is 0 Å². The minimum atomic E-state index is -0.451. The Kier molecular flexibility index (Phi) is 8.19. The molecule has 0 bridgehead atoms. The van der Waals surface area contributed by atoms with Crippen molar-refractivity contribution in [1.29, 1.82) is 0 Å². The molecule has 29 heavy (non-hydrogen) atoms. The normalized spacial score (nSPS) is 17.1. The van der Waals surface area contributed by atoms with Gasteiger partial charge < -0.3 is 10.1 Å². The predicted molar refractivity (Wildman–Crippen MR) is 122 cm³/mol. The number of amides is 1. The first kappa shape index (κ1) is 23.8. The molecule has 3 heteroatoms. The molecule has 1 fully saturated rings. The summed E-state index contributed by atoms with van der Waals surface area (Å²) in [5.41, 5.74) is 2.65. The summed E-state index contributed by atoms with van der Waals surface area (Å²) in [5.74, 6) is 0.871. The molecule has 1 aromatic carbocycles. The van der Waals surface area contributed by atoms with Crippen LogP contribution in [0.2, 0.25) is 0 Å². The van der Waals surface area contributed by atoms with E-state index in [4.69, 9.17) is 4.74 Å². The van der Waals surface area contributed by atoms with Gasteiger partial charge in [0.25, 0.3) is 5.91 Å². The Morgan fingerprint density at radius 1 is 1.14 bits per heavy atom. The van der Waals surface area contributed by atoms with Crippen LogP contribution >= 0.6 is 0 Å². The molecule has 1 aromatic rings. The summed E-state index contributed by atoms with van der Waals surface area (Å²) in [6.45, 7) is 15.6. The number of carbonyl (C=O) groups excluding carboxylic acids is 1. The summed E-state index contributed by atoms with van der Waals surface area (Å²) < 4.78 is 6.37. The van der Waals surface area contributed by atoms with Crippen LogP contribution in [0.3, 0.4) is 0 Å². The molecule has 0 saturated heterocycles. The second-order valence-electron chi connectivity index (χ2n) is 9.86. The highest BCUT2D eigenvalue weighted by Crippen LogP contribution is 2.39. The lowest BCUT2D eigenvalue weighted by Crippen LogP contribution is -2.44. The fourth-order valence-electron chi connectivity index (χ4n) is 3.82. The van der Waals surface area contributed by atoms with Gasteiger partial charge in [-0.25, -0.2) is 0 Å². The lowest BCUT2D eigenvalue weighted by Gasteiger charge is -2.32. The van der Waals surface area contributed by atoms with E-state index in [-0.39, 0.29) is 22.8 Å². The fraction of sp³-hybridized carbons (Fsp3) is 0.692. The van der Waals surface area contributed by atoms with Gasteiger partial charge in [0.2, 0.25) is 0 Å². The maximum absolute atomic E-state index is 12.9. The molecule has 0 spiro atoms. The molecule has 1 aliphatic carbocycles. The van der Waals surface area contributed by atoms with Crippen LogP contribution in [0.25, 0.3) is 0 Å². The van der Waals surface area contributed by atoms with E-state index in [9.17, 15) is 4.79 Å². The Morgan fingerprint density at radius 3 is 2.38 bits per heavy atom. The van der Waals surface area contributed by atoms with Crippen LogP contribution in [0.5, 0.6) is 5.75 Å². The minimum Gasteiger partial charge on any atom is -0.480 e. The van der Waals surface area contributed by atoms with E-state index in [0.29, 0.717) is 6.42 Å². The zero-order valence-electron chi connectivity index (χ0n) is 19.7. The van der Waals surface area contributed by atoms with Crippen molar-refractivity contribution in [3.8, 4) is 5.75 Å². The number of nitrogens with one attached hydrogen (secondary N) is 1. The highest BCUT2D eigenvalue weighted by molar-refractivity contribution is 5.81. The Bertz CT molecular complexity index is 671. The third kappa shape index (κ3) is 5.99. The minimum absolute atomic E-state index is 0.0116. The maximum Gasteiger partial charge on any atom is 0.261 e. The molecule has 1 N–H and O–H groups in total. The van der Waals surface area contributed by atoms with Gasteiger partial charge in [0.15, 0.2) is 6.10 Å². The summed E-state index contributed by atoms with van der Waals surface area (Å²) >= 11 is 0. The smallest absolute Gasteiger partial charge is 0.261 e. The van der Waals surface area contributed by atoms with Crippen molar-refractivity contribution in [2.24, 2.45) is 0 Å². The average Bonchev–Trinajstić information content (AvgIpc) is 2.72. The van der Waals surface area contributed by atoms with Crippen molar-refractivity contribution in [3.05, 3.63) is 35.7 Å². The molecule has 2 unspecified atom stereocenters. The Balaban J connectivity index is 2.27. The van der Waals surface area contributed by atoms with Crippen LogP contribution in [0, 0.1) is 6.42 Å². The molecule has 1 aliphatic rings. The predicted octanol–water partition coefficient (Wildman–Crippen LogP) is 6.48. The quantitative estimate of drug-likeness (QED) is 0.515. The molecule has 1 amide bonds. The topological polar surface area (TPSA) is 38.3 Å². The number of benzene rings is 1. The van der Waals surface area contributed by atoms with Crippen LogP contribution in [0.15, 0.2) is 18.2 Å². The van der Waals surface area contributed by atoms with Gasteiger partial charge in [-0.15, -0.1) is 0 Å². The molecule has 0 aliphatic heterocycles. The standard InChI is InChI=1S/C26H42NO2/c1-8-22(24(28)27-20-14-12-11-13-15-20)29-23-17-16-19(25(4,5)9-2)18-21(23)26(6,7)10-3/h12,16-18,20,22H,8-11,13-15H2,1-7H3,(H,27,28). The second-order valence-corrected chi connectivity index (χ2v) is 9.86. The summed E-state index contributed by atoms with van der Waals surface area (Å²) in [6.07, 6.45) is 8.95. The van der Waals surface area contributed by atoms with Gasteiger partial charge in [-0.1, -0.05) is 73.4 Å². The zero-order chi connectivity index (χ0) is 21.7. The first-order chi connectivity index (χ1) is 13.6. The van der Waals surface area contributed by atoms with Gasteiger partial charge >= 0.3 is 0 Å². The molecular weight excluding hydrogens is 358 g/mol. The monoisotopic (exact) mass is 400 g/mol. The molecular formula is C26H42NO2. The van der Waals surface area contributed by atoms with E-state index in [2.05, 4.69) is 71.5 Å². The second kappa shape index (κ2) is 10.00. The SMILES string of the molecule is CCC(Oc1ccc(C(C)(C)CC)cc1C(C)(C)CC)C(=O)NC1C[CH]CCC1. The molecule has 0 aromatic heterocycles. The van der Waals surface area contributed by atoms with Crippen molar-refractivity contribution >= 4 is 5.91 Å². The Morgan fingerprint density at radius 2 is 1.83 bits per heavy atom. The highest BCUT2D eigenvalue weighted by atomic mass is 16.5. The summed E-state index contributed by atoms with van der Waals surface area (Å²) in [4.78, 5) is 12.9. The van der Waals surface area contributed by atoms with E-state index in [0.717, 1.165) is 44.3 Å². The van der Waals surface area contributed by atoms with Gasteiger partial charge in [0.05, 0.1) is 0 Å². The van der Waals surface area contributed by atoms with E-state index < -0.39 is 6.10 Å². The van der Waals surface area contributed by atoms with Crippen molar-refractivity contribution in [1.82, 2.24) is 5.32 Å².